The molecular weight excluding hydrogens is 373 g/mol. The van der Waals surface area contributed by atoms with Crippen LogP contribution in [-0.2, 0) is 4.79 Å². The topological polar surface area (TPSA) is 87.2 Å². The Morgan fingerprint density at radius 3 is 2.62 bits per heavy atom. The minimum absolute atomic E-state index is 0.279. The van der Waals surface area contributed by atoms with Crippen LogP contribution in [0, 0.1) is 0 Å². The summed E-state index contributed by atoms with van der Waals surface area (Å²) in [6, 6.07) is 3.86. The summed E-state index contributed by atoms with van der Waals surface area (Å²) >= 11 is 13.1. The van der Waals surface area contributed by atoms with Gasteiger partial charge in [-0.15, -0.1) is 10.2 Å². The lowest BCUT2D eigenvalue weighted by Crippen LogP contribution is -2.45. The van der Waals surface area contributed by atoms with Crippen molar-refractivity contribution < 1.29 is 9.59 Å². The number of amides is 3. The monoisotopic (exact) mass is 385 g/mol. The summed E-state index contributed by atoms with van der Waals surface area (Å²) < 4.78 is 0. The fourth-order valence-electron chi connectivity index (χ4n) is 2.52. The Kier molecular flexibility index (Phi) is 5.17. The van der Waals surface area contributed by atoms with Crippen LogP contribution in [0.4, 0.5) is 15.6 Å². The Balaban J connectivity index is 1.67. The van der Waals surface area contributed by atoms with Crippen molar-refractivity contribution in [1.82, 2.24) is 15.1 Å². The average molecular weight is 386 g/mol. The SMILES string of the molecule is O=C(Nc1cc(Cl)cc(Cl)c1)[C@H]1CCCN1C(=O)Nc1nncs1. The molecular formula is C14H13Cl2N5O2S. The second-order valence-corrected chi connectivity index (χ2v) is 6.88. The van der Waals surface area contributed by atoms with Crippen molar-refractivity contribution in [3.8, 4) is 0 Å². The van der Waals surface area contributed by atoms with Gasteiger partial charge in [0.05, 0.1) is 0 Å². The number of urea groups is 1. The molecule has 3 rings (SSSR count). The van der Waals surface area contributed by atoms with E-state index in [1.54, 1.807) is 18.2 Å². The molecule has 1 aromatic heterocycles. The summed E-state index contributed by atoms with van der Waals surface area (Å²) in [5.41, 5.74) is 2.01. The number of hydrogen-bond acceptors (Lipinski definition) is 5. The highest BCUT2D eigenvalue weighted by atomic mass is 35.5. The maximum absolute atomic E-state index is 12.5. The smallest absolute Gasteiger partial charge is 0.324 e. The first-order valence-corrected chi connectivity index (χ1v) is 8.77. The third kappa shape index (κ3) is 3.95. The highest BCUT2D eigenvalue weighted by Crippen LogP contribution is 2.25. The zero-order valence-electron chi connectivity index (χ0n) is 12.3. The molecule has 2 aromatic rings. The van der Waals surface area contributed by atoms with E-state index in [9.17, 15) is 9.59 Å². The number of likely N-dealkylation sites (tertiary alicyclic amines) is 1. The maximum Gasteiger partial charge on any atom is 0.324 e. The number of benzene rings is 1. The number of nitrogens with zero attached hydrogens (tertiary/aromatic N) is 3. The van der Waals surface area contributed by atoms with E-state index >= 15 is 0 Å². The molecule has 7 nitrogen and oxygen atoms in total. The normalized spacial score (nSPS) is 16.9. The van der Waals surface area contributed by atoms with Gasteiger partial charge >= 0.3 is 6.03 Å². The van der Waals surface area contributed by atoms with Crippen LogP contribution in [0.5, 0.6) is 0 Å². The molecule has 1 aromatic carbocycles. The molecule has 0 spiro atoms. The number of aromatic nitrogens is 2. The Morgan fingerprint density at radius 1 is 1.21 bits per heavy atom. The minimum Gasteiger partial charge on any atom is -0.324 e. The number of halogens is 2. The molecule has 126 valence electrons. The van der Waals surface area contributed by atoms with Crippen LogP contribution < -0.4 is 10.6 Å². The van der Waals surface area contributed by atoms with Crippen molar-refractivity contribution in [2.75, 3.05) is 17.2 Å². The van der Waals surface area contributed by atoms with Gasteiger partial charge in [0.15, 0.2) is 0 Å². The lowest BCUT2D eigenvalue weighted by atomic mass is 10.2. The van der Waals surface area contributed by atoms with Gasteiger partial charge in [-0.05, 0) is 31.0 Å². The number of nitrogens with one attached hydrogen (secondary N) is 2. The van der Waals surface area contributed by atoms with Gasteiger partial charge in [-0.1, -0.05) is 34.5 Å². The lowest BCUT2D eigenvalue weighted by molar-refractivity contribution is -0.119. The Hall–Kier alpha value is -1.90. The summed E-state index contributed by atoms with van der Waals surface area (Å²) in [6.45, 7) is 0.499. The van der Waals surface area contributed by atoms with Crippen molar-refractivity contribution >= 4 is 57.3 Å². The fourth-order valence-corrected chi connectivity index (χ4v) is 3.49. The van der Waals surface area contributed by atoms with Gasteiger partial charge in [-0.2, -0.15) is 0 Å². The van der Waals surface area contributed by atoms with Gasteiger partial charge in [-0.3, -0.25) is 10.1 Å². The van der Waals surface area contributed by atoms with Gasteiger partial charge in [-0.25, -0.2) is 4.79 Å². The number of hydrogen-bond donors (Lipinski definition) is 2. The molecule has 24 heavy (non-hydrogen) atoms. The van der Waals surface area contributed by atoms with Gasteiger partial charge < -0.3 is 10.2 Å². The van der Waals surface area contributed by atoms with E-state index in [1.807, 2.05) is 0 Å². The third-order valence-corrected chi connectivity index (χ3v) is 4.56. The van der Waals surface area contributed by atoms with Crippen molar-refractivity contribution in [2.24, 2.45) is 0 Å². The second-order valence-electron chi connectivity index (χ2n) is 5.17. The number of rotatable bonds is 3. The quantitative estimate of drug-likeness (QED) is 0.846. The van der Waals surface area contributed by atoms with Crippen LogP contribution in [0.1, 0.15) is 12.8 Å². The molecule has 1 aliphatic heterocycles. The molecule has 3 amide bonds. The van der Waals surface area contributed by atoms with Crippen LogP contribution in [-0.4, -0.2) is 39.6 Å². The first-order chi connectivity index (χ1) is 11.5. The Bertz CT molecular complexity index is 735. The predicted molar refractivity (Wildman–Crippen MR) is 93.7 cm³/mol. The van der Waals surface area contributed by atoms with Gasteiger partial charge in [0.25, 0.3) is 0 Å². The van der Waals surface area contributed by atoms with Crippen LogP contribution >= 0.6 is 34.5 Å². The van der Waals surface area contributed by atoms with Crippen molar-refractivity contribution in [3.05, 3.63) is 33.8 Å². The summed E-state index contributed by atoms with van der Waals surface area (Å²) in [6.07, 6.45) is 1.33. The van der Waals surface area contributed by atoms with Crippen LogP contribution in [0.15, 0.2) is 23.7 Å². The Morgan fingerprint density at radius 2 is 1.96 bits per heavy atom. The number of anilines is 2. The third-order valence-electron chi connectivity index (χ3n) is 3.52. The summed E-state index contributed by atoms with van der Waals surface area (Å²) in [5, 5.41) is 14.1. The molecule has 0 bridgehead atoms. The first kappa shape index (κ1) is 16.9. The zero-order valence-corrected chi connectivity index (χ0v) is 14.7. The number of carbonyl (C=O) groups excluding carboxylic acids is 2. The molecule has 1 aliphatic rings. The second kappa shape index (κ2) is 7.33. The molecule has 0 unspecified atom stereocenters. The van der Waals surface area contributed by atoms with Gasteiger partial charge in [0, 0.05) is 22.3 Å². The lowest BCUT2D eigenvalue weighted by Gasteiger charge is -2.23. The maximum atomic E-state index is 12.5. The highest BCUT2D eigenvalue weighted by Gasteiger charge is 2.34. The van der Waals surface area contributed by atoms with Gasteiger partial charge in [0.1, 0.15) is 11.6 Å². The van der Waals surface area contributed by atoms with E-state index in [1.165, 1.54) is 21.7 Å². The predicted octanol–water partition coefficient (Wildman–Crippen LogP) is 3.48. The van der Waals surface area contributed by atoms with Crippen LogP contribution in [0.3, 0.4) is 0 Å². The molecule has 0 radical (unpaired) electrons. The molecule has 0 aliphatic carbocycles. The highest BCUT2D eigenvalue weighted by molar-refractivity contribution is 7.13. The standard InChI is InChI=1S/C14H13Cl2N5O2S/c15-8-4-9(16)6-10(5-8)18-12(22)11-2-1-3-21(11)14(23)19-13-20-17-7-24-13/h4-7,11H,1-3H2,(H,18,22)(H,19,20,23)/t11-/m1/s1. The molecule has 2 heterocycles. The largest absolute Gasteiger partial charge is 0.324 e. The van der Waals surface area contributed by atoms with Gasteiger partial charge in [0.2, 0.25) is 11.0 Å². The molecule has 10 heteroatoms. The Labute approximate surface area is 152 Å². The molecule has 2 N–H and O–H groups in total. The summed E-state index contributed by atoms with van der Waals surface area (Å²) in [5.74, 6) is -0.279. The number of carbonyl (C=O) groups is 2. The van der Waals surface area contributed by atoms with Crippen LogP contribution in [0.25, 0.3) is 0 Å². The molecule has 1 saturated heterocycles. The van der Waals surface area contributed by atoms with E-state index in [2.05, 4.69) is 20.8 Å². The minimum atomic E-state index is -0.560. The van der Waals surface area contributed by atoms with E-state index in [0.717, 1.165) is 6.42 Å². The van der Waals surface area contributed by atoms with Crippen molar-refractivity contribution in [3.63, 3.8) is 0 Å². The van der Waals surface area contributed by atoms with Crippen molar-refractivity contribution in [1.29, 1.82) is 0 Å². The van der Waals surface area contributed by atoms with E-state index in [4.69, 9.17) is 23.2 Å². The summed E-state index contributed by atoms with van der Waals surface area (Å²) in [7, 11) is 0. The summed E-state index contributed by atoms with van der Waals surface area (Å²) in [4.78, 5) is 26.3. The van der Waals surface area contributed by atoms with Crippen LogP contribution in [0.2, 0.25) is 10.0 Å². The average Bonchev–Trinajstić information content (AvgIpc) is 3.16. The first-order valence-electron chi connectivity index (χ1n) is 7.13. The van der Waals surface area contributed by atoms with Crippen molar-refractivity contribution in [2.45, 2.75) is 18.9 Å². The fraction of sp³-hybridized carbons (Fsp3) is 0.286. The zero-order chi connectivity index (χ0) is 17.1. The molecule has 1 atom stereocenters. The van der Waals surface area contributed by atoms with E-state index < -0.39 is 6.04 Å². The van der Waals surface area contributed by atoms with E-state index in [0.29, 0.717) is 33.8 Å². The van der Waals surface area contributed by atoms with E-state index in [-0.39, 0.29) is 11.9 Å². The molecule has 1 fully saturated rings. The molecule has 0 saturated carbocycles.